The van der Waals surface area contributed by atoms with Gasteiger partial charge in [-0.05, 0) is 12.1 Å². The largest absolute Gasteiger partial charge is 0.399 e. The van der Waals surface area contributed by atoms with Gasteiger partial charge in [-0.2, -0.15) is 0 Å². The summed E-state index contributed by atoms with van der Waals surface area (Å²) in [5, 5.41) is 10.9. The molecule has 0 aliphatic rings. The van der Waals surface area contributed by atoms with E-state index in [4.69, 9.17) is 5.73 Å². The number of sulfonamides is 1. The van der Waals surface area contributed by atoms with Crippen LogP contribution in [0.2, 0.25) is 0 Å². The molecular formula is C10H9N5O4S. The molecule has 1 heterocycles. The zero-order valence-electron chi connectivity index (χ0n) is 9.92. The van der Waals surface area contributed by atoms with E-state index in [-0.39, 0.29) is 11.5 Å². The Balaban J connectivity index is 2.47. The number of nitrogens with two attached hydrogens (primary N) is 1. The van der Waals surface area contributed by atoms with Crippen LogP contribution in [0, 0.1) is 10.1 Å². The summed E-state index contributed by atoms with van der Waals surface area (Å²) in [6, 6.07) is 3.30. The second-order valence-corrected chi connectivity index (χ2v) is 5.33. The van der Waals surface area contributed by atoms with Crippen LogP contribution in [0.1, 0.15) is 0 Å². The van der Waals surface area contributed by atoms with Gasteiger partial charge in [-0.3, -0.25) is 19.8 Å². The summed E-state index contributed by atoms with van der Waals surface area (Å²) in [4.78, 5) is 17.0. The van der Waals surface area contributed by atoms with Crippen LogP contribution in [-0.2, 0) is 10.0 Å². The first-order chi connectivity index (χ1) is 9.40. The van der Waals surface area contributed by atoms with E-state index in [0.29, 0.717) is 0 Å². The van der Waals surface area contributed by atoms with Gasteiger partial charge >= 0.3 is 0 Å². The minimum atomic E-state index is -4.16. The first-order valence-corrected chi connectivity index (χ1v) is 6.71. The molecule has 0 saturated carbocycles. The molecule has 1 aromatic heterocycles. The molecule has 0 unspecified atom stereocenters. The predicted molar refractivity (Wildman–Crippen MR) is 70.3 cm³/mol. The molecule has 10 heteroatoms. The Kier molecular flexibility index (Phi) is 3.48. The number of anilines is 2. The van der Waals surface area contributed by atoms with Crippen molar-refractivity contribution in [1.29, 1.82) is 0 Å². The van der Waals surface area contributed by atoms with E-state index in [9.17, 15) is 18.5 Å². The third-order valence-corrected chi connectivity index (χ3v) is 3.67. The van der Waals surface area contributed by atoms with E-state index in [2.05, 4.69) is 14.7 Å². The van der Waals surface area contributed by atoms with Gasteiger partial charge in [0.05, 0.1) is 11.1 Å². The van der Waals surface area contributed by atoms with Crippen LogP contribution in [0.15, 0.2) is 41.7 Å². The molecule has 9 nitrogen and oxygen atoms in total. The van der Waals surface area contributed by atoms with Crippen molar-refractivity contribution in [3.05, 3.63) is 46.9 Å². The third-order valence-electron chi connectivity index (χ3n) is 2.27. The summed E-state index contributed by atoms with van der Waals surface area (Å²) in [6.45, 7) is 0. The topological polar surface area (TPSA) is 141 Å². The van der Waals surface area contributed by atoms with Gasteiger partial charge in [-0.1, -0.05) is 0 Å². The average molecular weight is 295 g/mol. The number of nitro benzene ring substituents is 1. The molecule has 0 bridgehead atoms. The Morgan fingerprint density at radius 2 is 2.05 bits per heavy atom. The van der Waals surface area contributed by atoms with Gasteiger partial charge in [0.1, 0.15) is 0 Å². The molecule has 0 amide bonds. The van der Waals surface area contributed by atoms with Crippen LogP contribution >= 0.6 is 0 Å². The maximum absolute atomic E-state index is 12.1. The fourth-order valence-electron chi connectivity index (χ4n) is 1.45. The first-order valence-electron chi connectivity index (χ1n) is 5.23. The fourth-order valence-corrected chi connectivity index (χ4v) is 2.60. The molecule has 0 aliphatic heterocycles. The van der Waals surface area contributed by atoms with Gasteiger partial charge in [0.15, 0.2) is 10.7 Å². The van der Waals surface area contributed by atoms with Gasteiger partial charge in [0, 0.05) is 24.1 Å². The Hall–Kier alpha value is -2.75. The van der Waals surface area contributed by atoms with Crippen LogP contribution in [-0.4, -0.2) is 23.3 Å². The van der Waals surface area contributed by atoms with Crippen LogP contribution < -0.4 is 10.5 Å². The number of aromatic nitrogens is 2. The van der Waals surface area contributed by atoms with E-state index >= 15 is 0 Å². The highest BCUT2D eigenvalue weighted by atomic mass is 32.2. The van der Waals surface area contributed by atoms with E-state index in [1.54, 1.807) is 0 Å². The molecule has 2 rings (SSSR count). The van der Waals surface area contributed by atoms with Gasteiger partial charge in [-0.25, -0.2) is 13.4 Å². The van der Waals surface area contributed by atoms with Crippen LogP contribution in [0.3, 0.4) is 0 Å². The van der Waals surface area contributed by atoms with E-state index in [1.165, 1.54) is 24.7 Å². The highest BCUT2D eigenvalue weighted by Gasteiger charge is 2.26. The highest BCUT2D eigenvalue weighted by Crippen LogP contribution is 2.27. The minimum absolute atomic E-state index is 0.0429. The number of hydrogen-bond donors (Lipinski definition) is 2. The number of nitrogen functional groups attached to an aromatic ring is 1. The molecule has 2 aromatic rings. The number of nitrogens with one attached hydrogen (secondary N) is 1. The van der Waals surface area contributed by atoms with Crippen molar-refractivity contribution in [2.75, 3.05) is 10.5 Å². The lowest BCUT2D eigenvalue weighted by Gasteiger charge is -2.07. The lowest BCUT2D eigenvalue weighted by atomic mass is 10.3. The molecule has 0 saturated heterocycles. The molecule has 1 aromatic carbocycles. The van der Waals surface area contributed by atoms with E-state index in [0.717, 1.165) is 12.1 Å². The quantitative estimate of drug-likeness (QED) is 0.482. The van der Waals surface area contributed by atoms with Gasteiger partial charge < -0.3 is 5.73 Å². The number of rotatable bonds is 4. The van der Waals surface area contributed by atoms with Crippen molar-refractivity contribution in [1.82, 2.24) is 9.97 Å². The standard InChI is InChI=1S/C10H9N5O4S/c11-7-1-2-9(8(5-7)15(16)17)20(18,19)14-10-6-12-3-4-13-10/h1-6H,11H2,(H,13,14). The normalized spacial score (nSPS) is 11.0. The average Bonchev–Trinajstić information content (AvgIpc) is 2.38. The summed E-state index contributed by atoms with van der Waals surface area (Å²) in [5.74, 6) is -0.0429. The van der Waals surface area contributed by atoms with E-state index < -0.39 is 25.5 Å². The summed E-state index contributed by atoms with van der Waals surface area (Å²) < 4.78 is 26.3. The Labute approximate surface area is 113 Å². The minimum Gasteiger partial charge on any atom is -0.399 e. The molecule has 0 aliphatic carbocycles. The molecular weight excluding hydrogens is 286 g/mol. The summed E-state index contributed by atoms with van der Waals surface area (Å²) in [5.41, 5.74) is 4.90. The molecule has 0 radical (unpaired) electrons. The second kappa shape index (κ2) is 5.09. The SMILES string of the molecule is Nc1ccc(S(=O)(=O)Nc2cnccn2)c([N+](=O)[O-])c1. The van der Waals surface area contributed by atoms with Crippen LogP contribution in [0.5, 0.6) is 0 Å². The Morgan fingerprint density at radius 1 is 1.30 bits per heavy atom. The monoisotopic (exact) mass is 295 g/mol. The Morgan fingerprint density at radius 3 is 2.65 bits per heavy atom. The number of benzene rings is 1. The van der Waals surface area contributed by atoms with Crippen molar-refractivity contribution in [2.24, 2.45) is 0 Å². The summed E-state index contributed by atoms with van der Waals surface area (Å²) in [7, 11) is -4.16. The molecule has 0 spiro atoms. The first kappa shape index (κ1) is 13.7. The smallest absolute Gasteiger partial charge is 0.291 e. The van der Waals surface area contributed by atoms with Crippen molar-refractivity contribution in [2.45, 2.75) is 4.90 Å². The van der Waals surface area contributed by atoms with E-state index in [1.807, 2.05) is 0 Å². The number of hydrogen-bond acceptors (Lipinski definition) is 7. The van der Waals surface area contributed by atoms with Gasteiger partial charge in [0.2, 0.25) is 0 Å². The Bertz CT molecular complexity index is 747. The highest BCUT2D eigenvalue weighted by molar-refractivity contribution is 7.92. The molecule has 20 heavy (non-hydrogen) atoms. The zero-order chi connectivity index (χ0) is 14.8. The lowest BCUT2D eigenvalue weighted by molar-refractivity contribution is -0.387. The third kappa shape index (κ3) is 2.80. The number of nitrogens with zero attached hydrogens (tertiary/aromatic N) is 3. The summed E-state index contributed by atoms with van der Waals surface area (Å²) >= 11 is 0. The maximum atomic E-state index is 12.1. The van der Waals surface area contributed by atoms with Gasteiger partial charge in [0.25, 0.3) is 15.7 Å². The zero-order valence-corrected chi connectivity index (χ0v) is 10.7. The molecule has 0 fully saturated rings. The molecule has 0 atom stereocenters. The molecule has 104 valence electrons. The van der Waals surface area contributed by atoms with Crippen molar-refractivity contribution < 1.29 is 13.3 Å². The molecule has 3 N–H and O–H groups in total. The number of nitro groups is 1. The second-order valence-electron chi connectivity index (χ2n) is 3.68. The van der Waals surface area contributed by atoms with Crippen molar-refractivity contribution >= 4 is 27.2 Å². The van der Waals surface area contributed by atoms with Gasteiger partial charge in [-0.15, -0.1) is 0 Å². The maximum Gasteiger partial charge on any atom is 0.291 e. The van der Waals surface area contributed by atoms with Crippen molar-refractivity contribution in [3.8, 4) is 0 Å². The van der Waals surface area contributed by atoms with Crippen LogP contribution in [0.25, 0.3) is 0 Å². The fraction of sp³-hybridized carbons (Fsp3) is 0. The van der Waals surface area contributed by atoms with Crippen molar-refractivity contribution in [3.63, 3.8) is 0 Å². The lowest BCUT2D eigenvalue weighted by Crippen LogP contribution is -2.15. The predicted octanol–water partition coefficient (Wildman–Crippen LogP) is 0.768. The summed E-state index contributed by atoms with van der Waals surface area (Å²) in [6.07, 6.45) is 3.83. The van der Waals surface area contributed by atoms with Crippen LogP contribution in [0.4, 0.5) is 17.2 Å².